The second kappa shape index (κ2) is 4.91. The van der Waals surface area contributed by atoms with Crippen LogP contribution in [0.3, 0.4) is 0 Å². The van der Waals surface area contributed by atoms with Crippen LogP contribution in [0.1, 0.15) is 1.43 Å². The van der Waals surface area contributed by atoms with Gasteiger partial charge in [-0.1, -0.05) is 0 Å². The summed E-state index contributed by atoms with van der Waals surface area (Å²) in [6.07, 6.45) is -1.92. The number of rotatable bonds is 2. The van der Waals surface area contributed by atoms with Crippen molar-refractivity contribution in [3.05, 3.63) is 0 Å². The SMILES string of the molecule is COS(=O)(=O)OC(=O)O.[H-].[Na+]. The predicted octanol–water partition coefficient (Wildman–Crippen LogP) is -3.31. The van der Waals surface area contributed by atoms with Crippen molar-refractivity contribution in [3.8, 4) is 0 Å². The monoisotopic (exact) mass is 180 g/mol. The van der Waals surface area contributed by atoms with Gasteiger partial charge in [0, 0.05) is 0 Å². The van der Waals surface area contributed by atoms with Gasteiger partial charge in [-0.05, 0) is 0 Å². The van der Waals surface area contributed by atoms with Gasteiger partial charge >= 0.3 is 46.1 Å². The van der Waals surface area contributed by atoms with Gasteiger partial charge in [0.05, 0.1) is 7.11 Å². The Morgan fingerprint density at radius 3 is 2.10 bits per heavy atom. The molecule has 0 radical (unpaired) electrons. The molecule has 56 valence electrons. The van der Waals surface area contributed by atoms with Crippen LogP contribution in [0.25, 0.3) is 0 Å². The molecule has 6 nitrogen and oxygen atoms in total. The average Bonchev–Trinajstić information content (AvgIpc) is 1.63. The van der Waals surface area contributed by atoms with E-state index in [1.807, 2.05) is 0 Å². The second-order valence-corrected chi connectivity index (χ2v) is 2.24. The third kappa shape index (κ3) is 6.30. The fourth-order valence-electron chi connectivity index (χ4n) is 0.121. The van der Waals surface area contributed by atoms with Crippen molar-refractivity contribution in [3.63, 3.8) is 0 Å². The maximum atomic E-state index is 9.98. The summed E-state index contributed by atoms with van der Waals surface area (Å²) in [7, 11) is -3.53. The molecule has 0 bridgehead atoms. The van der Waals surface area contributed by atoms with Crippen LogP contribution in [-0.4, -0.2) is 26.8 Å². The Balaban J connectivity index is -0.000000320. The molecule has 10 heavy (non-hydrogen) atoms. The van der Waals surface area contributed by atoms with E-state index in [0.717, 1.165) is 7.11 Å². The van der Waals surface area contributed by atoms with Gasteiger partial charge in [-0.2, -0.15) is 8.42 Å². The molecule has 0 aromatic heterocycles. The number of hydrogen-bond donors (Lipinski definition) is 1. The Kier molecular flexibility index (Phi) is 6.30. The Hall–Kier alpha value is 0.180. The van der Waals surface area contributed by atoms with Gasteiger partial charge in [0.25, 0.3) is 0 Å². The molecular weight excluding hydrogens is 175 g/mol. The fourth-order valence-corrected chi connectivity index (χ4v) is 0.364. The van der Waals surface area contributed by atoms with E-state index in [-0.39, 0.29) is 31.0 Å². The van der Waals surface area contributed by atoms with Crippen molar-refractivity contribution in [1.82, 2.24) is 0 Å². The van der Waals surface area contributed by atoms with Crippen molar-refractivity contribution in [2.45, 2.75) is 0 Å². The summed E-state index contributed by atoms with van der Waals surface area (Å²) in [5.74, 6) is 0. The normalized spacial score (nSPS) is 9.70. The number of hydrogen-bond acceptors (Lipinski definition) is 5. The number of carbonyl (C=O) groups is 1. The molecule has 0 amide bonds. The van der Waals surface area contributed by atoms with E-state index in [0.29, 0.717) is 0 Å². The van der Waals surface area contributed by atoms with Crippen molar-refractivity contribution in [2.75, 3.05) is 7.11 Å². The van der Waals surface area contributed by atoms with Crippen LogP contribution >= 0.6 is 0 Å². The molecule has 0 rings (SSSR count). The summed E-state index contributed by atoms with van der Waals surface area (Å²) in [4.78, 5) is 9.49. The number of carboxylic acid groups (broad SMARTS) is 1. The molecule has 0 aliphatic carbocycles. The zero-order valence-electron chi connectivity index (χ0n) is 6.40. The van der Waals surface area contributed by atoms with Crippen LogP contribution in [0.4, 0.5) is 4.79 Å². The molecular formula is C2H5NaO6S. The van der Waals surface area contributed by atoms with Gasteiger partial charge in [0.15, 0.2) is 0 Å². The Bertz CT molecular complexity index is 199. The van der Waals surface area contributed by atoms with Gasteiger partial charge in [-0.3, -0.25) is 4.18 Å². The van der Waals surface area contributed by atoms with Crippen LogP contribution in [-0.2, 0) is 18.8 Å². The minimum atomic E-state index is -4.32. The summed E-state index contributed by atoms with van der Waals surface area (Å²) in [6, 6.07) is 0. The summed E-state index contributed by atoms with van der Waals surface area (Å²) in [5.41, 5.74) is 0. The minimum absolute atomic E-state index is 0. The molecule has 0 saturated heterocycles. The van der Waals surface area contributed by atoms with Crippen LogP contribution in [0.15, 0.2) is 0 Å². The third-order valence-electron chi connectivity index (χ3n) is 0.377. The second-order valence-electron chi connectivity index (χ2n) is 0.924. The first kappa shape index (κ1) is 12.8. The molecule has 0 fully saturated rings. The van der Waals surface area contributed by atoms with Crippen molar-refractivity contribution in [1.29, 1.82) is 0 Å². The van der Waals surface area contributed by atoms with Crippen LogP contribution in [0.2, 0.25) is 0 Å². The maximum absolute atomic E-state index is 9.98. The minimum Gasteiger partial charge on any atom is -1.00 e. The quantitative estimate of drug-likeness (QED) is 0.447. The summed E-state index contributed by atoms with van der Waals surface area (Å²) in [6.45, 7) is 0. The zero-order valence-corrected chi connectivity index (χ0v) is 8.21. The maximum Gasteiger partial charge on any atom is 1.00 e. The molecule has 0 aromatic rings. The smallest absolute Gasteiger partial charge is 1.00 e. The summed E-state index contributed by atoms with van der Waals surface area (Å²) in [5, 5.41) is 7.70. The molecule has 0 atom stereocenters. The van der Waals surface area contributed by atoms with E-state index in [2.05, 4.69) is 8.37 Å². The molecule has 0 aromatic carbocycles. The van der Waals surface area contributed by atoms with E-state index in [1.165, 1.54) is 0 Å². The first-order valence-electron chi connectivity index (χ1n) is 1.71. The molecule has 0 unspecified atom stereocenters. The average molecular weight is 180 g/mol. The van der Waals surface area contributed by atoms with Gasteiger partial charge in [-0.15, -0.1) is 0 Å². The third-order valence-corrected chi connectivity index (χ3v) is 1.13. The van der Waals surface area contributed by atoms with E-state index >= 15 is 0 Å². The van der Waals surface area contributed by atoms with E-state index in [4.69, 9.17) is 5.11 Å². The standard InChI is InChI=1S/C2H4O6S.Na.H/c1-7-9(5,6)8-2(3)4;;/h1H3,(H,3,4);;/q;+1;-1. The summed E-state index contributed by atoms with van der Waals surface area (Å²) >= 11 is 0. The van der Waals surface area contributed by atoms with E-state index in [1.54, 1.807) is 0 Å². The largest absolute Gasteiger partial charge is 1.00 e. The Labute approximate surface area is 81.2 Å². The molecule has 0 spiro atoms. The predicted molar refractivity (Wildman–Crippen MR) is 26.2 cm³/mol. The van der Waals surface area contributed by atoms with Crippen LogP contribution in [0, 0.1) is 0 Å². The van der Waals surface area contributed by atoms with Gasteiger partial charge in [-0.25, -0.2) is 8.98 Å². The van der Waals surface area contributed by atoms with Gasteiger partial charge in [0.2, 0.25) is 0 Å². The molecule has 8 heteroatoms. The molecule has 0 aliphatic rings. The molecule has 1 N–H and O–H groups in total. The molecule has 0 aliphatic heterocycles. The molecule has 0 heterocycles. The van der Waals surface area contributed by atoms with Crippen molar-refractivity contribution >= 4 is 16.6 Å². The zero-order chi connectivity index (χ0) is 7.49. The fraction of sp³-hybridized carbons (Fsp3) is 0.500. The van der Waals surface area contributed by atoms with Gasteiger partial charge in [0.1, 0.15) is 0 Å². The van der Waals surface area contributed by atoms with Crippen molar-refractivity contribution in [2.24, 2.45) is 0 Å². The van der Waals surface area contributed by atoms with E-state index < -0.39 is 16.6 Å². The van der Waals surface area contributed by atoms with E-state index in [9.17, 15) is 13.2 Å². The van der Waals surface area contributed by atoms with Gasteiger partial charge < -0.3 is 6.53 Å². The van der Waals surface area contributed by atoms with Crippen molar-refractivity contribution < 1.29 is 57.7 Å². The first-order valence-corrected chi connectivity index (χ1v) is 3.04. The first-order chi connectivity index (χ1) is 3.98. The Morgan fingerprint density at radius 2 is 2.00 bits per heavy atom. The topological polar surface area (TPSA) is 89.9 Å². The molecule has 0 saturated carbocycles. The Morgan fingerprint density at radius 1 is 1.60 bits per heavy atom. The summed E-state index contributed by atoms with van der Waals surface area (Å²) < 4.78 is 26.8. The van der Waals surface area contributed by atoms with Crippen LogP contribution < -0.4 is 29.6 Å². The van der Waals surface area contributed by atoms with Crippen LogP contribution in [0.5, 0.6) is 0 Å².